The average molecular weight is 1390 g/mol. The van der Waals surface area contributed by atoms with E-state index in [2.05, 4.69) is 0 Å². The maximum atomic E-state index is 13.9. The van der Waals surface area contributed by atoms with Gasteiger partial charge in [0.1, 0.15) is 12.2 Å². The third-order valence-electron chi connectivity index (χ3n) is 22.3. The summed E-state index contributed by atoms with van der Waals surface area (Å²) in [5, 5.41) is 94.1. The Hall–Kier alpha value is -3.26. The van der Waals surface area contributed by atoms with Crippen molar-refractivity contribution in [2.75, 3.05) is 28.4 Å². The van der Waals surface area contributed by atoms with Crippen LogP contribution in [0.1, 0.15) is 199 Å². The van der Waals surface area contributed by atoms with Gasteiger partial charge in [-0.3, -0.25) is 0 Å². The summed E-state index contributed by atoms with van der Waals surface area (Å²) in [6.07, 6.45) is 14.3. The minimum absolute atomic E-state index is 0.0282. The van der Waals surface area contributed by atoms with E-state index in [9.17, 15) is 50.4 Å². The van der Waals surface area contributed by atoms with Crippen LogP contribution in [0.15, 0.2) is 71.9 Å². The predicted octanol–water partition coefficient (Wildman–Crippen LogP) is 10.1. The molecule has 5 aliphatic heterocycles. The molecule has 0 aromatic heterocycles. The number of hydrogen-bond acceptors (Lipinski definition) is 20. The molecule has 0 saturated carbocycles. The molecule has 4 bridgehead atoms. The number of cyclic esters (lactones) is 2. The van der Waals surface area contributed by atoms with Crippen LogP contribution in [-0.4, -0.2) is 216 Å². The van der Waals surface area contributed by atoms with Crippen LogP contribution in [-0.2, 0) is 57.0 Å². The summed E-state index contributed by atoms with van der Waals surface area (Å²) in [7, 11) is 6.59. The molecule has 20 heteroatoms. The third kappa shape index (κ3) is 28.1. The van der Waals surface area contributed by atoms with Crippen LogP contribution in [0.25, 0.3) is 0 Å². The van der Waals surface area contributed by atoms with Crippen molar-refractivity contribution in [2.45, 2.75) is 333 Å². The van der Waals surface area contributed by atoms with Gasteiger partial charge >= 0.3 is 11.9 Å². The average Bonchev–Trinajstić information content (AvgIpc) is 0.850. The Morgan fingerprint density at radius 1 is 0.469 bits per heavy atom. The number of carbonyl (C=O) groups is 2. The Morgan fingerprint density at radius 2 is 0.888 bits per heavy atom. The van der Waals surface area contributed by atoms with Gasteiger partial charge in [0.15, 0.2) is 0 Å². The lowest BCUT2D eigenvalue weighted by atomic mass is 9.78. The minimum Gasteiger partial charge on any atom is -0.459 e. The number of allylic oxidation sites excluding steroid dienone is 4. The monoisotopic (exact) mass is 1390 g/mol. The summed E-state index contributed by atoms with van der Waals surface area (Å²) in [6, 6.07) is 0. The summed E-state index contributed by atoms with van der Waals surface area (Å²) in [5.41, 5.74) is 1.41. The molecule has 0 aromatic carbocycles. The number of ether oxygens (including phenoxy) is 10. The van der Waals surface area contributed by atoms with Gasteiger partial charge < -0.3 is 88.2 Å². The summed E-state index contributed by atoms with van der Waals surface area (Å²) in [4.78, 5) is 27.8. The SMILES string of the molecule is CO[C@H]1C[C@H](CC[C@H](C)[C@@H](O)[C@H](C)[C@H]2OC(=O)C=CC(C)=CC[C@H](O)C[C@@H]3C=CC[C@@H](C[C@H](OC)[C@H](C)[C@H](O)C[C@H](O)[C@H](C)[C@H](O)[C@@H](C)[C@@H]([C@@H](C)CC[C@H]4C[C@H](OC)C[C@H](C)O4)OC(=O)C=CC(C)=CC[C@H](O)C[C@@H]4C=CC[C@@H](C[C@H](OC)[C@H](C)[C@H](O)C[C@H](O)[C@@H]2C)O4)O3)O[C@@H](C)C1. The van der Waals surface area contributed by atoms with Crippen LogP contribution in [0.5, 0.6) is 0 Å². The first kappa shape index (κ1) is 85.4. The van der Waals surface area contributed by atoms with Crippen molar-refractivity contribution in [2.24, 2.45) is 47.3 Å². The number of carbonyl (C=O) groups excluding carboxylic acids is 2. The Kier molecular flexibility index (Phi) is 37.6. The molecule has 0 unspecified atom stereocenters. The number of aliphatic hydroxyl groups excluding tert-OH is 8. The van der Waals surface area contributed by atoms with E-state index < -0.39 is 133 Å². The third-order valence-corrected chi connectivity index (χ3v) is 22.3. The van der Waals surface area contributed by atoms with Crippen molar-refractivity contribution >= 4 is 11.9 Å². The molecule has 0 aromatic rings. The molecular formula is C78H132O20. The van der Waals surface area contributed by atoms with Gasteiger partial charge in [-0.25, -0.2) is 9.59 Å². The molecule has 5 heterocycles. The fourth-order valence-corrected chi connectivity index (χ4v) is 15.4. The van der Waals surface area contributed by atoms with Gasteiger partial charge in [-0.2, -0.15) is 0 Å². The Morgan fingerprint density at radius 3 is 1.33 bits per heavy atom. The molecule has 98 heavy (non-hydrogen) atoms. The number of fused-ring (bicyclic) bond motifs is 4. The zero-order valence-corrected chi connectivity index (χ0v) is 62.3. The lowest BCUT2D eigenvalue weighted by Crippen LogP contribution is -2.45. The second kappa shape index (κ2) is 43.1. The molecule has 0 aliphatic carbocycles. The highest BCUT2D eigenvalue weighted by Crippen LogP contribution is 2.37. The first-order valence-electron chi connectivity index (χ1n) is 37.1. The molecule has 0 radical (unpaired) electrons. The normalized spacial score (nSPS) is 40.4. The van der Waals surface area contributed by atoms with Gasteiger partial charge in [0.25, 0.3) is 0 Å². The van der Waals surface area contributed by atoms with E-state index >= 15 is 0 Å². The van der Waals surface area contributed by atoms with Crippen LogP contribution in [0.4, 0.5) is 0 Å². The molecule has 20 nitrogen and oxygen atoms in total. The lowest BCUT2D eigenvalue weighted by molar-refractivity contribution is -0.158. The molecule has 0 spiro atoms. The summed E-state index contributed by atoms with van der Waals surface area (Å²) >= 11 is 0. The van der Waals surface area contributed by atoms with E-state index in [-0.39, 0.29) is 92.8 Å². The van der Waals surface area contributed by atoms with E-state index in [0.717, 1.165) is 31.3 Å². The maximum Gasteiger partial charge on any atom is 0.331 e. The number of rotatable bonds is 14. The number of aliphatic hydroxyl groups is 8. The fourth-order valence-electron chi connectivity index (χ4n) is 15.4. The van der Waals surface area contributed by atoms with E-state index in [1.165, 1.54) is 12.2 Å². The van der Waals surface area contributed by atoms with Gasteiger partial charge in [-0.1, -0.05) is 115 Å². The van der Waals surface area contributed by atoms with E-state index in [1.54, 1.807) is 54.4 Å². The second-order valence-corrected chi connectivity index (χ2v) is 30.3. The van der Waals surface area contributed by atoms with Gasteiger partial charge in [0.2, 0.25) is 0 Å². The highest BCUT2D eigenvalue weighted by atomic mass is 16.6. The van der Waals surface area contributed by atoms with E-state index in [1.807, 2.05) is 106 Å². The maximum absolute atomic E-state index is 13.9. The van der Waals surface area contributed by atoms with Crippen LogP contribution >= 0.6 is 0 Å². The highest BCUT2D eigenvalue weighted by molar-refractivity contribution is 5.83. The first-order chi connectivity index (χ1) is 46.4. The standard InChI is InChI=1S/C78H132O20/c1-45-23-29-57(79)37-60-20-18-22-62(96-60)42-72(92-16)52(8)68(82)44-70(84)54(10)78(55(11)75(87)47(3)27-31-63-39-65(89-13)35-49(5)93-63)98-74(86)34-26-46(2)24-30-58(80)38-59-19-17-21-61(95-59)41-71(91-15)51(7)67(81)43-69(83)53(9)76(88)56(12)77(97-73(85)33-25-45)48(4)28-32-64-40-66(90-14)36-50(6)94-64/h17-20,23-26,33-34,47-72,75-84,87-88H,21-22,27-32,35-44H2,1-16H3/t47-,48-,49-,50-,51+,52+,53-,54-,55-,56+,57-,58-,59-,60-,61-,62-,63-,64-,65+,66+,67+,68+,69-,70-,71-,72-,75+,76-,77+,78-/m0/s1. The minimum atomic E-state index is -1.17. The predicted molar refractivity (Wildman–Crippen MR) is 377 cm³/mol. The zero-order chi connectivity index (χ0) is 72.5. The molecule has 30 atom stereocenters. The Labute approximate surface area is 587 Å². The van der Waals surface area contributed by atoms with Gasteiger partial charge in [-0.15, -0.1) is 0 Å². The van der Waals surface area contributed by atoms with Crippen molar-refractivity contribution in [3.05, 3.63) is 71.9 Å². The second-order valence-electron chi connectivity index (χ2n) is 30.3. The van der Waals surface area contributed by atoms with Crippen LogP contribution in [0, 0.1) is 47.3 Å². The van der Waals surface area contributed by atoms with Crippen molar-refractivity contribution in [1.82, 2.24) is 0 Å². The van der Waals surface area contributed by atoms with Crippen LogP contribution in [0.3, 0.4) is 0 Å². The summed E-state index contributed by atoms with van der Waals surface area (Å²) in [6.45, 7) is 22.6. The van der Waals surface area contributed by atoms with Crippen LogP contribution < -0.4 is 0 Å². The molecule has 5 aliphatic rings. The number of esters is 2. The molecule has 2 saturated heterocycles. The van der Waals surface area contributed by atoms with E-state index in [0.29, 0.717) is 63.4 Å². The van der Waals surface area contributed by atoms with Crippen molar-refractivity contribution in [1.29, 1.82) is 0 Å². The summed E-state index contributed by atoms with van der Waals surface area (Å²) < 4.78 is 61.4. The highest BCUT2D eigenvalue weighted by Gasteiger charge is 2.42. The van der Waals surface area contributed by atoms with Gasteiger partial charge in [0.05, 0.1) is 122 Å². The van der Waals surface area contributed by atoms with E-state index in [4.69, 9.17) is 47.4 Å². The van der Waals surface area contributed by atoms with Crippen LogP contribution in [0.2, 0.25) is 0 Å². The first-order valence-corrected chi connectivity index (χ1v) is 37.1. The molecule has 5 rings (SSSR count). The number of hydrogen-bond donors (Lipinski definition) is 8. The largest absolute Gasteiger partial charge is 0.459 e. The summed E-state index contributed by atoms with van der Waals surface area (Å²) in [5.74, 6) is -5.42. The topological polar surface area (TPSA) is 288 Å². The molecular weight excluding hydrogens is 1260 g/mol. The van der Waals surface area contributed by atoms with Crippen molar-refractivity contribution in [3.8, 4) is 0 Å². The van der Waals surface area contributed by atoms with Gasteiger partial charge in [0, 0.05) is 102 Å². The molecule has 564 valence electrons. The van der Waals surface area contributed by atoms with Crippen molar-refractivity contribution in [3.63, 3.8) is 0 Å². The Bertz CT molecular complexity index is 2480. The fraction of sp³-hybridized carbons (Fsp3) is 0.821. The number of methoxy groups -OCH3 is 4. The zero-order valence-electron chi connectivity index (χ0n) is 62.3. The quantitative estimate of drug-likeness (QED) is 0.0593. The van der Waals surface area contributed by atoms with Crippen molar-refractivity contribution < 1.29 is 97.8 Å². The molecule has 0 amide bonds. The molecule has 8 N–H and O–H groups in total. The van der Waals surface area contributed by atoms with Gasteiger partial charge in [-0.05, 0) is 129 Å². The molecule has 2 fully saturated rings. The smallest absolute Gasteiger partial charge is 0.331 e. The Balaban J connectivity index is 1.37. The lowest BCUT2D eigenvalue weighted by Gasteiger charge is -2.38.